The highest BCUT2D eigenvalue weighted by atomic mass is 32.1. The third kappa shape index (κ3) is 6.92. The molecule has 2 aromatic heterocycles. The Morgan fingerprint density at radius 2 is 2.00 bits per heavy atom. The van der Waals surface area contributed by atoms with Crippen molar-refractivity contribution < 1.29 is 9.59 Å². The second kappa shape index (κ2) is 12.6. The van der Waals surface area contributed by atoms with E-state index in [9.17, 15) is 9.59 Å². The molecule has 1 unspecified atom stereocenters. The van der Waals surface area contributed by atoms with E-state index in [1.165, 1.54) is 16.9 Å². The molecule has 1 aromatic carbocycles. The molecular weight excluding hydrogens is 470 g/mol. The summed E-state index contributed by atoms with van der Waals surface area (Å²) in [7, 11) is 0. The highest BCUT2D eigenvalue weighted by Crippen LogP contribution is 2.20. The minimum Gasteiger partial charge on any atom is -0.398 e. The highest BCUT2D eigenvalue weighted by Gasteiger charge is 2.27. The second-order valence-electron chi connectivity index (χ2n) is 9.28. The molecule has 1 atom stereocenters. The van der Waals surface area contributed by atoms with Gasteiger partial charge in [0.15, 0.2) is 5.78 Å². The fourth-order valence-corrected chi connectivity index (χ4v) is 5.46. The first-order valence-corrected chi connectivity index (χ1v) is 13.6. The number of nitrogens with zero attached hydrogens (tertiary/aromatic N) is 3. The smallest absolute Gasteiger partial charge is 0.317 e. The Labute approximate surface area is 217 Å². The van der Waals surface area contributed by atoms with Gasteiger partial charge in [-0.05, 0) is 60.5 Å². The number of hydrogen-bond acceptors (Lipinski definition) is 6. The molecular formula is C28H35N5O2S. The largest absolute Gasteiger partial charge is 0.398 e. The van der Waals surface area contributed by atoms with Gasteiger partial charge in [0.1, 0.15) is 5.69 Å². The maximum atomic E-state index is 13.2. The number of likely N-dealkylation sites (N-methyl/N-ethyl adjacent to an activating group) is 1. The molecule has 1 aliphatic rings. The van der Waals surface area contributed by atoms with Crippen molar-refractivity contribution in [3.63, 3.8) is 0 Å². The molecule has 8 heteroatoms. The average molecular weight is 506 g/mol. The number of hydrogen-bond donors (Lipinski definition) is 2. The van der Waals surface area contributed by atoms with Gasteiger partial charge < -0.3 is 16.0 Å². The first kappa shape index (κ1) is 25.9. The predicted molar refractivity (Wildman–Crippen MR) is 145 cm³/mol. The molecule has 0 saturated carbocycles. The maximum absolute atomic E-state index is 13.2. The first-order chi connectivity index (χ1) is 17.5. The van der Waals surface area contributed by atoms with Crippen LogP contribution < -0.4 is 11.1 Å². The number of benzene rings is 1. The molecule has 190 valence electrons. The van der Waals surface area contributed by atoms with Crippen LogP contribution in [0.2, 0.25) is 0 Å². The Morgan fingerprint density at radius 1 is 1.17 bits per heavy atom. The lowest BCUT2D eigenvalue weighted by Gasteiger charge is -2.30. The molecule has 4 rings (SSSR count). The lowest BCUT2D eigenvalue weighted by Crippen LogP contribution is -2.47. The van der Waals surface area contributed by atoms with E-state index in [-0.39, 0.29) is 18.2 Å². The van der Waals surface area contributed by atoms with Crippen LogP contribution in [-0.4, -0.2) is 58.8 Å². The SMILES string of the molecule is CCN1CCCC1CN(Cc1ccc(C(=O)Cc2cscc2N)nc1)C(=O)NCCc1ccccc1. The molecule has 0 bridgehead atoms. The zero-order chi connectivity index (χ0) is 25.3. The Hall–Kier alpha value is -3.23. The van der Waals surface area contributed by atoms with E-state index < -0.39 is 0 Å². The molecule has 3 aromatic rings. The number of carbonyl (C=O) groups is 2. The topological polar surface area (TPSA) is 91.6 Å². The van der Waals surface area contributed by atoms with E-state index in [1.807, 2.05) is 39.9 Å². The van der Waals surface area contributed by atoms with Crippen molar-refractivity contribution in [1.29, 1.82) is 0 Å². The number of rotatable bonds is 11. The minimum atomic E-state index is -0.0676. The molecule has 36 heavy (non-hydrogen) atoms. The molecule has 7 nitrogen and oxygen atoms in total. The quantitative estimate of drug-likeness (QED) is 0.377. The summed E-state index contributed by atoms with van der Waals surface area (Å²) in [6.45, 7) is 5.94. The van der Waals surface area contributed by atoms with E-state index >= 15 is 0 Å². The van der Waals surface area contributed by atoms with Gasteiger partial charge in [-0.15, -0.1) is 11.3 Å². The minimum absolute atomic E-state index is 0.0632. The highest BCUT2D eigenvalue weighted by molar-refractivity contribution is 7.08. The van der Waals surface area contributed by atoms with Gasteiger partial charge in [0, 0.05) is 49.4 Å². The molecule has 0 radical (unpaired) electrons. The second-order valence-corrected chi connectivity index (χ2v) is 10.0. The van der Waals surface area contributed by atoms with E-state index in [1.54, 1.807) is 12.3 Å². The Morgan fingerprint density at radius 3 is 2.69 bits per heavy atom. The van der Waals surface area contributed by atoms with Crippen LogP contribution in [-0.2, 0) is 19.4 Å². The van der Waals surface area contributed by atoms with Gasteiger partial charge in [0.2, 0.25) is 0 Å². The van der Waals surface area contributed by atoms with Crippen LogP contribution in [0, 0.1) is 0 Å². The van der Waals surface area contributed by atoms with Crippen LogP contribution >= 0.6 is 11.3 Å². The molecule has 3 heterocycles. The van der Waals surface area contributed by atoms with E-state index in [0.29, 0.717) is 37.1 Å². The summed E-state index contributed by atoms with van der Waals surface area (Å²) >= 11 is 1.49. The lowest BCUT2D eigenvalue weighted by molar-refractivity contribution is 0.0988. The van der Waals surface area contributed by atoms with Crippen molar-refractivity contribution in [3.8, 4) is 0 Å². The van der Waals surface area contributed by atoms with E-state index in [4.69, 9.17) is 5.73 Å². The number of carbonyl (C=O) groups excluding carboxylic acids is 2. The van der Waals surface area contributed by atoms with Crippen LogP contribution in [0.1, 0.15) is 46.9 Å². The van der Waals surface area contributed by atoms with Gasteiger partial charge in [-0.3, -0.25) is 14.7 Å². The number of anilines is 1. The van der Waals surface area contributed by atoms with Crippen LogP contribution in [0.4, 0.5) is 10.5 Å². The number of likely N-dealkylation sites (tertiary alicyclic amines) is 1. The first-order valence-electron chi connectivity index (χ1n) is 12.6. The molecule has 0 spiro atoms. The van der Waals surface area contributed by atoms with Gasteiger partial charge in [-0.2, -0.15) is 0 Å². The van der Waals surface area contributed by atoms with Gasteiger partial charge >= 0.3 is 6.03 Å². The molecule has 3 N–H and O–H groups in total. The summed E-state index contributed by atoms with van der Waals surface area (Å²) in [4.78, 5) is 34.6. The number of nitrogens with two attached hydrogens (primary N) is 1. The fraction of sp³-hybridized carbons (Fsp3) is 0.393. The summed E-state index contributed by atoms with van der Waals surface area (Å²) in [6, 6.07) is 14.1. The van der Waals surface area contributed by atoms with Gasteiger partial charge in [-0.1, -0.05) is 43.3 Å². The Kier molecular flexibility index (Phi) is 9.08. The van der Waals surface area contributed by atoms with E-state index in [2.05, 4.69) is 34.3 Å². The van der Waals surface area contributed by atoms with Crippen molar-refractivity contribution >= 4 is 28.8 Å². The number of pyridine rings is 1. The number of Topliss-reactive ketones (excluding diaryl/α,β-unsaturated/α-hetero) is 1. The summed E-state index contributed by atoms with van der Waals surface area (Å²) < 4.78 is 0. The molecule has 1 aliphatic heterocycles. The summed E-state index contributed by atoms with van der Waals surface area (Å²) in [5.74, 6) is -0.0632. The Balaban J connectivity index is 1.39. The third-order valence-electron chi connectivity index (χ3n) is 6.77. The van der Waals surface area contributed by atoms with Crippen LogP contribution in [0.15, 0.2) is 59.4 Å². The monoisotopic (exact) mass is 505 g/mol. The number of nitrogens with one attached hydrogen (secondary N) is 1. The summed E-state index contributed by atoms with van der Waals surface area (Å²) in [5.41, 5.74) is 9.92. The third-order valence-corrected chi connectivity index (χ3v) is 7.58. The molecule has 0 aliphatic carbocycles. The van der Waals surface area contributed by atoms with Crippen molar-refractivity contribution in [3.05, 3.63) is 81.8 Å². The van der Waals surface area contributed by atoms with Crippen LogP contribution in [0.25, 0.3) is 0 Å². The number of ketones is 1. The zero-order valence-corrected chi connectivity index (χ0v) is 21.7. The van der Waals surface area contributed by atoms with Crippen molar-refractivity contribution in [1.82, 2.24) is 20.1 Å². The number of amides is 2. The molecule has 1 fully saturated rings. The molecule has 2 amide bonds. The fourth-order valence-electron chi connectivity index (χ4n) is 4.71. The van der Waals surface area contributed by atoms with Crippen LogP contribution in [0.3, 0.4) is 0 Å². The number of aromatic nitrogens is 1. The average Bonchev–Trinajstić information content (AvgIpc) is 3.52. The van der Waals surface area contributed by atoms with E-state index in [0.717, 1.165) is 43.5 Å². The standard InChI is InChI=1S/C28H35N5O2S/c1-2-32-14-6-9-24(32)18-33(28(35)30-13-12-21-7-4-3-5-8-21)17-22-10-11-26(31-16-22)27(34)15-23-19-36-20-25(23)29/h3-5,7-8,10-11,16,19-20,24H,2,6,9,12-15,17-18,29H2,1H3,(H,30,35). The normalized spacial score (nSPS) is 15.6. The number of nitrogen functional groups attached to an aromatic ring is 1. The van der Waals surface area contributed by atoms with Crippen molar-refractivity contribution in [2.24, 2.45) is 0 Å². The van der Waals surface area contributed by atoms with Crippen molar-refractivity contribution in [2.45, 2.75) is 45.2 Å². The summed E-state index contributed by atoms with van der Waals surface area (Å²) in [6.07, 6.45) is 5.00. The van der Waals surface area contributed by atoms with Crippen LogP contribution in [0.5, 0.6) is 0 Å². The molecule has 1 saturated heterocycles. The van der Waals surface area contributed by atoms with Crippen molar-refractivity contribution in [2.75, 3.05) is 31.9 Å². The number of thiophene rings is 1. The maximum Gasteiger partial charge on any atom is 0.317 e. The summed E-state index contributed by atoms with van der Waals surface area (Å²) in [5, 5.41) is 6.84. The zero-order valence-electron chi connectivity index (χ0n) is 20.9. The predicted octanol–water partition coefficient (Wildman–Crippen LogP) is 4.39. The lowest BCUT2D eigenvalue weighted by atomic mass is 10.1. The van der Waals surface area contributed by atoms with Gasteiger partial charge in [0.05, 0.1) is 0 Å². The Bertz CT molecular complexity index is 1130. The van der Waals surface area contributed by atoms with Gasteiger partial charge in [0.25, 0.3) is 0 Å². The number of urea groups is 1. The van der Waals surface area contributed by atoms with Gasteiger partial charge in [-0.25, -0.2) is 4.79 Å².